The molecule has 0 spiro atoms. The van der Waals surface area contributed by atoms with Gasteiger partial charge < -0.3 is 10.1 Å². The number of amides is 1. The number of carbonyl (C=O) groups is 2. The van der Waals surface area contributed by atoms with Gasteiger partial charge in [0.25, 0.3) is 11.6 Å². The van der Waals surface area contributed by atoms with Crippen LogP contribution in [0.25, 0.3) is 0 Å². The fourth-order valence-electron chi connectivity index (χ4n) is 2.02. The van der Waals surface area contributed by atoms with E-state index in [0.717, 1.165) is 17.7 Å². The predicted octanol–water partition coefficient (Wildman–Crippen LogP) is 2.57. The minimum absolute atomic E-state index is 0.0624. The SMILES string of the molecule is Cc1cccc(C(=O)OCC(=O)Nc2ccc([N+](=O)[O-])cc2C#N)c1. The van der Waals surface area contributed by atoms with Crippen LogP contribution in [0.5, 0.6) is 0 Å². The largest absolute Gasteiger partial charge is 0.452 e. The molecule has 0 aromatic heterocycles. The topological polar surface area (TPSA) is 122 Å². The van der Waals surface area contributed by atoms with Crippen LogP contribution in [0, 0.1) is 28.4 Å². The van der Waals surface area contributed by atoms with Crippen molar-refractivity contribution in [2.45, 2.75) is 6.92 Å². The molecular formula is C17H13N3O5. The summed E-state index contributed by atoms with van der Waals surface area (Å²) in [5.74, 6) is -1.31. The molecule has 8 heteroatoms. The second-order valence-corrected chi connectivity index (χ2v) is 5.09. The highest BCUT2D eigenvalue weighted by molar-refractivity contribution is 5.96. The first-order valence-corrected chi connectivity index (χ1v) is 7.13. The zero-order chi connectivity index (χ0) is 18.4. The number of aryl methyl sites for hydroxylation is 1. The number of ether oxygens (including phenoxy) is 1. The molecule has 25 heavy (non-hydrogen) atoms. The number of rotatable bonds is 5. The number of hydrogen-bond donors (Lipinski definition) is 1. The maximum atomic E-state index is 11.9. The average Bonchev–Trinajstić information content (AvgIpc) is 2.59. The number of carbonyl (C=O) groups excluding carboxylic acids is 2. The average molecular weight is 339 g/mol. The number of anilines is 1. The van der Waals surface area contributed by atoms with E-state index in [2.05, 4.69) is 5.32 Å². The van der Waals surface area contributed by atoms with Crippen LogP contribution in [0.4, 0.5) is 11.4 Å². The molecule has 0 aliphatic carbocycles. The van der Waals surface area contributed by atoms with Crippen LogP contribution in [0.3, 0.4) is 0 Å². The molecule has 0 saturated carbocycles. The Labute approximate surface area is 142 Å². The Balaban J connectivity index is 2.00. The molecule has 0 fully saturated rings. The zero-order valence-corrected chi connectivity index (χ0v) is 13.2. The lowest BCUT2D eigenvalue weighted by Gasteiger charge is -2.08. The summed E-state index contributed by atoms with van der Waals surface area (Å²) in [4.78, 5) is 33.8. The molecule has 0 unspecified atom stereocenters. The van der Waals surface area contributed by atoms with Crippen LogP contribution in [0.15, 0.2) is 42.5 Å². The van der Waals surface area contributed by atoms with Crippen LogP contribution in [-0.4, -0.2) is 23.4 Å². The van der Waals surface area contributed by atoms with Crippen molar-refractivity contribution in [1.82, 2.24) is 0 Å². The van der Waals surface area contributed by atoms with Crippen LogP contribution in [0.1, 0.15) is 21.5 Å². The van der Waals surface area contributed by atoms with E-state index < -0.39 is 23.4 Å². The molecule has 126 valence electrons. The highest BCUT2D eigenvalue weighted by atomic mass is 16.6. The molecule has 0 heterocycles. The van der Waals surface area contributed by atoms with Gasteiger partial charge in [0, 0.05) is 12.1 Å². The minimum Gasteiger partial charge on any atom is -0.452 e. The Bertz CT molecular complexity index is 886. The number of benzene rings is 2. The minimum atomic E-state index is -0.661. The van der Waals surface area contributed by atoms with E-state index in [1.165, 1.54) is 6.07 Å². The summed E-state index contributed by atoms with van der Waals surface area (Å²) in [7, 11) is 0. The van der Waals surface area contributed by atoms with E-state index in [0.29, 0.717) is 5.56 Å². The predicted molar refractivity (Wildman–Crippen MR) is 87.9 cm³/mol. The van der Waals surface area contributed by atoms with Crippen molar-refractivity contribution < 1.29 is 19.2 Å². The van der Waals surface area contributed by atoms with Crippen molar-refractivity contribution in [3.8, 4) is 6.07 Å². The molecule has 2 aromatic carbocycles. The lowest BCUT2D eigenvalue weighted by atomic mass is 10.1. The fraction of sp³-hybridized carbons (Fsp3) is 0.118. The highest BCUT2D eigenvalue weighted by Gasteiger charge is 2.14. The highest BCUT2D eigenvalue weighted by Crippen LogP contribution is 2.21. The number of hydrogen-bond acceptors (Lipinski definition) is 6. The molecule has 1 amide bonds. The number of esters is 1. The second kappa shape index (κ2) is 7.70. The number of non-ortho nitro benzene ring substituents is 1. The van der Waals surface area contributed by atoms with Crippen LogP contribution in [-0.2, 0) is 9.53 Å². The molecule has 1 N–H and O–H groups in total. The smallest absolute Gasteiger partial charge is 0.338 e. The van der Waals surface area contributed by atoms with Gasteiger partial charge in [0.05, 0.1) is 21.7 Å². The molecule has 2 rings (SSSR count). The third-order valence-electron chi connectivity index (χ3n) is 3.20. The summed E-state index contributed by atoms with van der Waals surface area (Å²) in [6, 6.07) is 11.9. The van der Waals surface area contributed by atoms with Crippen molar-refractivity contribution in [3.63, 3.8) is 0 Å². The molecule has 0 saturated heterocycles. The number of nitrogens with one attached hydrogen (secondary N) is 1. The van der Waals surface area contributed by atoms with E-state index in [-0.39, 0.29) is 16.9 Å². The molecular weight excluding hydrogens is 326 g/mol. The van der Waals surface area contributed by atoms with Gasteiger partial charge in [-0.05, 0) is 25.1 Å². The van der Waals surface area contributed by atoms with Crippen molar-refractivity contribution in [3.05, 3.63) is 69.3 Å². The van der Waals surface area contributed by atoms with Gasteiger partial charge in [-0.3, -0.25) is 14.9 Å². The summed E-state index contributed by atoms with van der Waals surface area (Å²) in [6.45, 7) is 1.27. The Morgan fingerprint density at radius 1 is 1.28 bits per heavy atom. The third kappa shape index (κ3) is 4.62. The third-order valence-corrected chi connectivity index (χ3v) is 3.20. The van der Waals surface area contributed by atoms with Gasteiger partial charge in [0.1, 0.15) is 6.07 Å². The summed E-state index contributed by atoms with van der Waals surface area (Å²) in [5, 5.41) is 22.1. The molecule has 0 radical (unpaired) electrons. The quantitative estimate of drug-likeness (QED) is 0.507. The van der Waals surface area contributed by atoms with Gasteiger partial charge in [0.2, 0.25) is 0 Å². The van der Waals surface area contributed by atoms with Crippen molar-refractivity contribution in [2.75, 3.05) is 11.9 Å². The molecule has 2 aromatic rings. The Kier molecular flexibility index (Phi) is 5.43. The molecule has 8 nitrogen and oxygen atoms in total. The molecule has 0 aliphatic rings. The number of nitriles is 1. The molecule has 0 atom stereocenters. The summed E-state index contributed by atoms with van der Waals surface area (Å²) in [5.41, 5.74) is 0.974. The lowest BCUT2D eigenvalue weighted by molar-refractivity contribution is -0.384. The Hall–Kier alpha value is -3.73. The number of nitro benzene ring substituents is 1. The molecule has 0 aliphatic heterocycles. The summed E-state index contributed by atoms with van der Waals surface area (Å²) in [6.07, 6.45) is 0. The van der Waals surface area contributed by atoms with Gasteiger partial charge in [0.15, 0.2) is 6.61 Å². The first-order chi connectivity index (χ1) is 11.9. The Morgan fingerprint density at radius 3 is 2.68 bits per heavy atom. The van der Waals surface area contributed by atoms with Crippen molar-refractivity contribution >= 4 is 23.3 Å². The van der Waals surface area contributed by atoms with Gasteiger partial charge in [-0.25, -0.2) is 4.79 Å². The first-order valence-electron chi connectivity index (χ1n) is 7.13. The summed E-state index contributed by atoms with van der Waals surface area (Å²) >= 11 is 0. The normalized spacial score (nSPS) is 9.76. The summed E-state index contributed by atoms with van der Waals surface area (Å²) < 4.78 is 4.91. The lowest BCUT2D eigenvalue weighted by Crippen LogP contribution is -2.21. The van der Waals surface area contributed by atoms with Crippen molar-refractivity contribution in [1.29, 1.82) is 5.26 Å². The van der Waals surface area contributed by atoms with Crippen LogP contribution < -0.4 is 5.32 Å². The maximum absolute atomic E-state index is 11.9. The molecule has 0 bridgehead atoms. The fourth-order valence-corrected chi connectivity index (χ4v) is 2.02. The van der Waals surface area contributed by atoms with Gasteiger partial charge in [-0.2, -0.15) is 5.26 Å². The van der Waals surface area contributed by atoms with Gasteiger partial charge >= 0.3 is 5.97 Å². The zero-order valence-electron chi connectivity index (χ0n) is 13.2. The number of nitrogens with zero attached hydrogens (tertiary/aromatic N) is 2. The van der Waals surface area contributed by atoms with Gasteiger partial charge in [-0.15, -0.1) is 0 Å². The van der Waals surface area contributed by atoms with Crippen molar-refractivity contribution in [2.24, 2.45) is 0 Å². The van der Waals surface area contributed by atoms with Gasteiger partial charge in [-0.1, -0.05) is 17.7 Å². The van der Waals surface area contributed by atoms with E-state index in [1.807, 2.05) is 13.0 Å². The van der Waals surface area contributed by atoms with E-state index in [4.69, 9.17) is 10.00 Å². The number of nitro groups is 1. The Morgan fingerprint density at radius 2 is 2.04 bits per heavy atom. The van der Waals surface area contributed by atoms with Crippen LogP contribution in [0.2, 0.25) is 0 Å². The van der Waals surface area contributed by atoms with Crippen LogP contribution >= 0.6 is 0 Å². The van der Waals surface area contributed by atoms with E-state index in [1.54, 1.807) is 24.3 Å². The maximum Gasteiger partial charge on any atom is 0.338 e. The second-order valence-electron chi connectivity index (χ2n) is 5.09. The standard InChI is InChI=1S/C17H13N3O5/c1-11-3-2-4-12(7-11)17(22)25-10-16(21)19-15-6-5-14(20(23)24)8-13(15)9-18/h2-8H,10H2,1H3,(H,19,21). The monoisotopic (exact) mass is 339 g/mol. The first kappa shape index (κ1) is 17.6. The van der Waals surface area contributed by atoms with E-state index in [9.17, 15) is 19.7 Å². The van der Waals surface area contributed by atoms with E-state index >= 15 is 0 Å².